The number of rotatable bonds is 5. The van der Waals surface area contributed by atoms with Crippen LogP contribution >= 0.6 is 0 Å². The van der Waals surface area contributed by atoms with E-state index in [2.05, 4.69) is 9.78 Å². The summed E-state index contributed by atoms with van der Waals surface area (Å²) in [5.74, 6) is 0. The lowest BCUT2D eigenvalue weighted by atomic mass is 10.5. The van der Waals surface area contributed by atoms with E-state index in [0.29, 0.717) is 19.6 Å². The summed E-state index contributed by atoms with van der Waals surface area (Å²) in [5.41, 5.74) is 0. The lowest BCUT2D eigenvalue weighted by Crippen LogP contribution is -2.58. The summed E-state index contributed by atoms with van der Waals surface area (Å²) in [4.78, 5) is 10.9. The van der Waals surface area contributed by atoms with Crippen molar-refractivity contribution in [3.8, 4) is 0 Å². The zero-order chi connectivity index (χ0) is 14.8. The summed E-state index contributed by atoms with van der Waals surface area (Å²) in [6.45, 7) is 6.51. The summed E-state index contributed by atoms with van der Waals surface area (Å²) >= 11 is 0. The first-order valence-corrected chi connectivity index (χ1v) is 6.66. The standard InChI is InChI=1S/C8H18N2O4S.H2O3/c1-5-10(6-2,7-3)15(12,13)9-8(11)14-4;1-3-2/h5-7H2,1-4H3;1-2H/p+1. The van der Waals surface area contributed by atoms with Gasteiger partial charge in [-0.25, -0.2) is 19.2 Å². The third kappa shape index (κ3) is 5.14. The van der Waals surface area contributed by atoms with E-state index in [-0.39, 0.29) is 3.89 Å². The minimum Gasteiger partial charge on any atom is -0.452 e. The van der Waals surface area contributed by atoms with Gasteiger partial charge in [0.05, 0.1) is 26.7 Å². The van der Waals surface area contributed by atoms with Crippen molar-refractivity contribution in [3.05, 3.63) is 0 Å². The summed E-state index contributed by atoms with van der Waals surface area (Å²) in [5, 5.41) is 15.5. The average Bonchev–Trinajstić information content (AvgIpc) is 2.32. The highest BCUT2D eigenvalue weighted by molar-refractivity contribution is 7.84. The van der Waals surface area contributed by atoms with Gasteiger partial charge in [0.25, 0.3) is 0 Å². The molecule has 0 aliphatic heterocycles. The molecule has 0 aromatic carbocycles. The van der Waals surface area contributed by atoms with Crippen molar-refractivity contribution in [1.29, 1.82) is 0 Å². The Balaban J connectivity index is 0. The van der Waals surface area contributed by atoms with Crippen molar-refractivity contribution in [2.24, 2.45) is 0 Å². The van der Waals surface area contributed by atoms with Crippen LogP contribution in [-0.4, -0.2) is 55.7 Å². The number of carbonyl (C=O) groups excluding carboxylic acids is 1. The Hall–Kier alpha value is -0.940. The Kier molecular flexibility index (Phi) is 9.76. The van der Waals surface area contributed by atoms with E-state index in [4.69, 9.17) is 10.5 Å². The predicted molar refractivity (Wildman–Crippen MR) is 62.7 cm³/mol. The van der Waals surface area contributed by atoms with E-state index in [9.17, 15) is 13.2 Å². The van der Waals surface area contributed by atoms with Crippen LogP contribution in [0.5, 0.6) is 0 Å². The minimum absolute atomic E-state index is 0.178. The zero-order valence-electron chi connectivity index (χ0n) is 10.9. The molecule has 0 saturated heterocycles. The van der Waals surface area contributed by atoms with Gasteiger partial charge in [-0.3, -0.25) is 0 Å². The van der Waals surface area contributed by atoms with Gasteiger partial charge in [0.15, 0.2) is 0 Å². The fraction of sp³-hybridized carbons (Fsp3) is 0.875. The van der Waals surface area contributed by atoms with E-state index >= 15 is 0 Å². The lowest BCUT2D eigenvalue weighted by Gasteiger charge is -2.32. The molecule has 0 atom stereocenters. The highest BCUT2D eigenvalue weighted by atomic mass is 32.2. The second-order valence-electron chi connectivity index (χ2n) is 3.16. The summed E-state index contributed by atoms with van der Waals surface area (Å²) in [6.07, 6.45) is -0.951. The van der Waals surface area contributed by atoms with Crippen molar-refractivity contribution < 1.29 is 37.4 Å². The molecule has 0 aromatic rings. The molecule has 0 unspecified atom stereocenters. The molecule has 1 amide bonds. The molecule has 0 aliphatic rings. The van der Waals surface area contributed by atoms with Gasteiger partial charge in [-0.15, -0.1) is 0 Å². The molecule has 18 heavy (non-hydrogen) atoms. The van der Waals surface area contributed by atoms with Crippen molar-refractivity contribution in [1.82, 2.24) is 4.72 Å². The maximum absolute atomic E-state index is 11.9. The van der Waals surface area contributed by atoms with Crippen LogP contribution in [-0.2, 0) is 20.0 Å². The molecule has 10 heteroatoms. The number of ether oxygens (including phenoxy) is 1. The van der Waals surface area contributed by atoms with Gasteiger partial charge in [-0.05, 0) is 20.8 Å². The molecule has 0 bridgehead atoms. The fourth-order valence-electron chi connectivity index (χ4n) is 1.42. The molecule has 0 heterocycles. The van der Waals surface area contributed by atoms with Gasteiger partial charge >= 0.3 is 16.3 Å². The van der Waals surface area contributed by atoms with Gasteiger partial charge < -0.3 is 4.74 Å². The van der Waals surface area contributed by atoms with Gasteiger partial charge in [0, 0.05) is 0 Å². The number of nitrogens with one attached hydrogen (secondary N) is 1. The van der Waals surface area contributed by atoms with Gasteiger partial charge in [0.1, 0.15) is 0 Å². The Morgan fingerprint density at radius 2 is 1.50 bits per heavy atom. The summed E-state index contributed by atoms with van der Waals surface area (Å²) < 4.78 is 29.7. The molecule has 3 N–H and O–H groups in total. The van der Waals surface area contributed by atoms with Gasteiger partial charge in [0.2, 0.25) is 0 Å². The van der Waals surface area contributed by atoms with Crippen LogP contribution in [0.1, 0.15) is 20.8 Å². The number of carbonyl (C=O) groups is 1. The molecule has 0 rings (SSSR count). The van der Waals surface area contributed by atoms with Crippen LogP contribution < -0.4 is 4.72 Å². The second kappa shape index (κ2) is 9.05. The van der Waals surface area contributed by atoms with Crippen molar-refractivity contribution in [2.75, 3.05) is 26.7 Å². The normalized spacial score (nSPS) is 11.2. The first kappa shape index (κ1) is 19.4. The van der Waals surface area contributed by atoms with Crippen LogP contribution in [0.3, 0.4) is 0 Å². The highest BCUT2D eigenvalue weighted by Gasteiger charge is 2.38. The number of methoxy groups -OCH3 is 1. The molecule has 0 radical (unpaired) electrons. The van der Waals surface area contributed by atoms with Crippen molar-refractivity contribution >= 4 is 16.3 Å². The van der Waals surface area contributed by atoms with E-state index < -0.39 is 16.3 Å². The SMILES string of the molecule is CC[N+](CC)(CC)S(=O)(=O)NC(=O)OC.OOO. The maximum atomic E-state index is 11.9. The zero-order valence-corrected chi connectivity index (χ0v) is 11.7. The van der Waals surface area contributed by atoms with Crippen LogP contribution in [0, 0.1) is 0 Å². The first-order valence-electron chi connectivity index (χ1n) is 5.22. The highest BCUT2D eigenvalue weighted by Crippen LogP contribution is 2.12. The van der Waals surface area contributed by atoms with Crippen LogP contribution in [0.4, 0.5) is 4.79 Å². The van der Waals surface area contributed by atoms with E-state index in [1.807, 2.05) is 4.72 Å². The van der Waals surface area contributed by atoms with Crippen LogP contribution in [0.15, 0.2) is 0 Å². The Morgan fingerprint density at radius 3 is 1.72 bits per heavy atom. The monoisotopic (exact) mass is 289 g/mol. The average molecular weight is 289 g/mol. The smallest absolute Gasteiger partial charge is 0.424 e. The molecule has 9 nitrogen and oxygen atoms in total. The number of amides is 1. The Morgan fingerprint density at radius 1 is 1.17 bits per heavy atom. The molecular formula is C8H21N2O7S+. The molecule has 0 spiro atoms. The largest absolute Gasteiger partial charge is 0.452 e. The van der Waals surface area contributed by atoms with Crippen molar-refractivity contribution in [2.45, 2.75) is 20.8 Å². The Labute approximate surface area is 107 Å². The Bertz CT molecular complexity index is 318. The van der Waals surface area contributed by atoms with Crippen LogP contribution in [0.25, 0.3) is 0 Å². The quantitative estimate of drug-likeness (QED) is 0.380. The molecule has 0 saturated carbocycles. The van der Waals surface area contributed by atoms with E-state index in [1.54, 1.807) is 20.8 Å². The molecule has 0 aromatic heterocycles. The van der Waals surface area contributed by atoms with Crippen LogP contribution in [0.2, 0.25) is 0 Å². The number of hydrogen-bond acceptors (Lipinski definition) is 7. The second-order valence-corrected chi connectivity index (χ2v) is 5.09. The topological polar surface area (TPSA) is 122 Å². The van der Waals surface area contributed by atoms with E-state index in [1.165, 1.54) is 0 Å². The third-order valence-corrected chi connectivity index (χ3v) is 4.86. The number of nitrogens with zero attached hydrogens (tertiary/aromatic N) is 1. The molecular weight excluding hydrogens is 268 g/mol. The fourth-order valence-corrected chi connectivity index (χ4v) is 2.93. The molecule has 0 fully saturated rings. The van der Waals surface area contributed by atoms with E-state index in [0.717, 1.165) is 7.11 Å². The predicted octanol–water partition coefficient (Wildman–Crippen LogP) is 0.413. The molecule has 0 aliphatic carbocycles. The first-order chi connectivity index (χ1) is 8.30. The summed E-state index contributed by atoms with van der Waals surface area (Å²) in [6, 6.07) is 0. The maximum Gasteiger partial charge on any atom is 0.424 e. The third-order valence-electron chi connectivity index (χ3n) is 2.64. The molecule has 110 valence electrons. The van der Waals surface area contributed by atoms with Crippen molar-refractivity contribution in [3.63, 3.8) is 0 Å². The number of hydrogen-bond donors (Lipinski definition) is 3. The minimum atomic E-state index is -3.73. The van der Waals surface area contributed by atoms with Gasteiger partial charge in [-0.2, -0.15) is 13.1 Å². The van der Waals surface area contributed by atoms with Gasteiger partial charge in [-0.1, -0.05) is 5.04 Å². The lowest BCUT2D eigenvalue weighted by molar-refractivity contribution is -0.801. The summed E-state index contributed by atoms with van der Waals surface area (Å²) in [7, 11) is -2.60. The number of quaternary nitrogens is 1.